The summed E-state index contributed by atoms with van der Waals surface area (Å²) in [5.41, 5.74) is 3.20. The number of carbonyl (C=O) groups excluding carboxylic acids is 3. The van der Waals surface area contributed by atoms with Crippen LogP contribution in [0, 0.1) is 13.8 Å². The minimum Gasteiger partial charge on any atom is -0.744 e. The van der Waals surface area contributed by atoms with E-state index in [1.54, 1.807) is 0 Å². The Hall–Kier alpha value is -2.45. The molecule has 0 saturated carbocycles. The van der Waals surface area contributed by atoms with Crippen molar-refractivity contribution in [1.29, 1.82) is 0 Å². The maximum absolute atomic E-state index is 13.4. The van der Waals surface area contributed by atoms with Gasteiger partial charge in [0, 0.05) is 22.5 Å². The summed E-state index contributed by atoms with van der Waals surface area (Å²) >= 11 is 0. The molecule has 2 amide bonds. The number of hydrogen-bond donors (Lipinski definition) is 4. The van der Waals surface area contributed by atoms with Crippen molar-refractivity contribution in [2.24, 2.45) is 10.2 Å². The topological polar surface area (TPSA) is 353 Å². The molecule has 0 saturated heterocycles. The van der Waals surface area contributed by atoms with E-state index >= 15 is 0 Å². The van der Waals surface area contributed by atoms with Gasteiger partial charge in [-0.05, 0) is 121 Å². The van der Waals surface area contributed by atoms with Crippen LogP contribution < -0.4 is 140 Å². The summed E-state index contributed by atoms with van der Waals surface area (Å²) in [7, 11) is -20.3. The second kappa shape index (κ2) is 22.1. The number of hydrogen-bond acceptors (Lipinski definition) is 19. The smallest absolute Gasteiger partial charge is 0.744 e. The van der Waals surface area contributed by atoms with Crippen molar-refractivity contribution in [3.63, 3.8) is 0 Å². The average Bonchev–Trinajstić information content (AvgIpc) is 3.13. The Bertz CT molecular complexity index is 2990. The first-order chi connectivity index (χ1) is 27.8. The molecular formula is C35H24N6Na4O15S4. The zero-order chi connectivity index (χ0) is 44.1. The molecule has 0 aliphatic heterocycles. The predicted octanol–water partition coefficient (Wildman–Crippen LogP) is -9.13. The summed E-state index contributed by atoms with van der Waals surface area (Å²) in [4.78, 5) is 36.6. The number of carbonyl (C=O) groups is 3. The zero-order valence-corrected chi connectivity index (χ0v) is 45.5. The first-order valence-electron chi connectivity index (χ1n) is 16.4. The van der Waals surface area contributed by atoms with Gasteiger partial charge in [0.1, 0.15) is 51.9 Å². The van der Waals surface area contributed by atoms with Crippen LogP contribution in [0.3, 0.4) is 0 Å². The first kappa shape index (κ1) is 57.7. The average molecular weight is 989 g/mol. The van der Waals surface area contributed by atoms with Gasteiger partial charge in [0.25, 0.3) is 0 Å². The largest absolute Gasteiger partial charge is 1.00 e. The van der Waals surface area contributed by atoms with Gasteiger partial charge in [-0.25, -0.2) is 38.5 Å². The number of benzene rings is 4. The van der Waals surface area contributed by atoms with Gasteiger partial charge in [-0.3, -0.25) is 20.4 Å². The van der Waals surface area contributed by atoms with Crippen LogP contribution >= 0.6 is 0 Å². The maximum Gasteiger partial charge on any atom is 1.00 e. The van der Waals surface area contributed by atoms with Crippen molar-refractivity contribution in [2.75, 3.05) is 21.5 Å². The van der Waals surface area contributed by atoms with Crippen LogP contribution in [0.1, 0.15) is 43.0 Å². The van der Waals surface area contributed by atoms with Crippen LogP contribution in [0.25, 0.3) is 12.2 Å². The van der Waals surface area contributed by atoms with E-state index < -0.39 is 89.1 Å². The van der Waals surface area contributed by atoms with Crippen LogP contribution in [-0.2, 0) is 40.5 Å². The molecule has 29 heteroatoms. The molecule has 21 nitrogen and oxygen atoms in total. The molecule has 0 heterocycles. The Morgan fingerprint density at radius 2 is 0.844 bits per heavy atom. The van der Waals surface area contributed by atoms with Crippen LogP contribution in [0.15, 0.2) is 103 Å². The van der Waals surface area contributed by atoms with E-state index in [0.717, 1.165) is 48.6 Å². The molecule has 2 aliphatic carbocycles. The van der Waals surface area contributed by atoms with E-state index in [1.807, 2.05) is 0 Å². The van der Waals surface area contributed by atoms with E-state index in [9.17, 15) is 66.3 Å². The molecule has 64 heavy (non-hydrogen) atoms. The molecule has 0 bridgehead atoms. The summed E-state index contributed by atoms with van der Waals surface area (Å²) in [5, 5.41) is 12.5. The molecular weight excluding hydrogens is 965 g/mol. The molecule has 4 N–H and O–H groups in total. The van der Waals surface area contributed by atoms with E-state index in [0.29, 0.717) is 0 Å². The second-order valence-corrected chi connectivity index (χ2v) is 18.2. The van der Waals surface area contributed by atoms with E-state index in [-0.39, 0.29) is 174 Å². The van der Waals surface area contributed by atoms with Crippen LogP contribution in [0.4, 0.5) is 27.5 Å². The summed E-state index contributed by atoms with van der Waals surface area (Å²) < 4.78 is 141. The molecule has 6 rings (SSSR count). The first-order valence-corrected chi connectivity index (χ1v) is 22.1. The monoisotopic (exact) mass is 988 g/mol. The van der Waals surface area contributed by atoms with Crippen LogP contribution in [0.5, 0.6) is 0 Å². The van der Waals surface area contributed by atoms with Gasteiger partial charge in [-0.2, -0.15) is 10.2 Å². The third-order valence-corrected chi connectivity index (χ3v) is 12.0. The van der Waals surface area contributed by atoms with Crippen molar-refractivity contribution < 1.29 is 184 Å². The summed E-state index contributed by atoms with van der Waals surface area (Å²) in [6, 6.07) is 12.6. The summed E-state index contributed by atoms with van der Waals surface area (Å²) in [6.45, 7) is 2.80. The minimum atomic E-state index is -5.35. The maximum atomic E-state index is 13.4. The predicted molar refractivity (Wildman–Crippen MR) is 210 cm³/mol. The standard InChI is InChI=1S/C35H28N6O15S4.4Na/c1-17-11-23(57(45,46)47)5-9-27(17)38-40-31-29(59(51,52)53)15-19-13-21(3-7-25(19)33(31)42)36-35(44)37-22-4-8-26-20(14-22)16-30(60(54,55)56)32(34(26)43)41-39-28-10-6-24(12-18(28)2)58(48,49)50;;;;/h3-16,38-39H,1-2H3,(H2,36,37,44)(H,45,46,47)(H,48,49,50)(H,51,52,53)(H,54,55,56);;;;/q;4*+1/p-4/b40-31-,41-32-;;;;. The fourth-order valence-electron chi connectivity index (χ4n) is 5.78. The number of nitrogens with zero attached hydrogens (tertiary/aromatic N) is 2. The second-order valence-electron chi connectivity index (χ2n) is 12.8. The van der Waals surface area contributed by atoms with E-state index in [1.165, 1.54) is 50.2 Å². The van der Waals surface area contributed by atoms with Crippen molar-refractivity contribution in [3.8, 4) is 0 Å². The molecule has 0 fully saturated rings. The van der Waals surface area contributed by atoms with Crippen LogP contribution in [0.2, 0.25) is 0 Å². The molecule has 2 aliphatic rings. The molecule has 0 aromatic heterocycles. The van der Waals surface area contributed by atoms with Gasteiger partial charge >= 0.3 is 124 Å². The minimum absolute atomic E-state index is 0. The van der Waals surface area contributed by atoms with Gasteiger partial charge in [-0.1, -0.05) is 0 Å². The Kier molecular flexibility index (Phi) is 19.9. The number of nitrogens with one attached hydrogen (secondary N) is 4. The van der Waals surface area contributed by atoms with Crippen molar-refractivity contribution in [1.82, 2.24) is 0 Å². The summed E-state index contributed by atoms with van der Waals surface area (Å²) in [5.74, 6) is -2.02. The fourth-order valence-corrected chi connectivity index (χ4v) is 8.19. The number of hydrazone groups is 2. The number of ketones is 2. The zero-order valence-electron chi connectivity index (χ0n) is 34.2. The fraction of sp³-hybridized carbons (Fsp3) is 0.0571. The number of anilines is 4. The van der Waals surface area contributed by atoms with Gasteiger partial charge in [0.2, 0.25) is 11.6 Å². The number of aryl methyl sites for hydroxylation is 2. The third kappa shape index (κ3) is 13.4. The molecule has 0 radical (unpaired) electrons. The van der Waals surface area contributed by atoms with Gasteiger partial charge in [0.15, 0.2) is 0 Å². The van der Waals surface area contributed by atoms with E-state index in [2.05, 4.69) is 31.7 Å². The van der Waals surface area contributed by atoms with Gasteiger partial charge < -0.3 is 28.8 Å². The number of urea groups is 1. The Morgan fingerprint density at radius 3 is 1.14 bits per heavy atom. The third-order valence-electron chi connectivity index (χ3n) is 8.67. The molecule has 4 aromatic carbocycles. The molecule has 0 unspecified atom stereocenters. The number of Topliss-reactive ketones (excluding diaryl/α,β-unsaturated/α-hetero) is 2. The van der Waals surface area contributed by atoms with Crippen molar-refractivity contribution in [3.05, 3.63) is 116 Å². The molecule has 0 atom stereocenters. The Labute approximate surface area is 454 Å². The van der Waals surface area contributed by atoms with Crippen molar-refractivity contribution >= 4 is 104 Å². The quantitative estimate of drug-likeness (QED) is 0.0651. The molecule has 0 spiro atoms. The number of allylic oxidation sites excluding steroid dienone is 2. The van der Waals surface area contributed by atoms with Gasteiger partial charge in [-0.15, -0.1) is 0 Å². The van der Waals surface area contributed by atoms with Gasteiger partial charge in [0.05, 0.1) is 31.0 Å². The summed E-state index contributed by atoms with van der Waals surface area (Å²) in [6.07, 6.45) is 1.70. The molecule has 312 valence electrons. The SMILES string of the molecule is Cc1cc(S(=O)(=O)[O-])ccc1N/N=C1\C(=O)c2ccc(NC(=O)Nc3ccc4c(c3)C=C(S(=O)(=O)[O-])/C(=N/Nc3ccc(S(=O)(=O)[O-])cc3C)C4=O)cc2C=C1S(=O)(=O)[O-].[Na+].[Na+].[Na+].[Na+]. The van der Waals surface area contributed by atoms with Crippen LogP contribution in [-0.4, -0.2) is 80.9 Å². The number of amides is 2. The van der Waals surface area contributed by atoms with Crippen molar-refractivity contribution in [2.45, 2.75) is 23.6 Å². The Morgan fingerprint density at radius 1 is 0.500 bits per heavy atom. The van der Waals surface area contributed by atoms with E-state index in [4.69, 9.17) is 0 Å². The Balaban J connectivity index is 0.00000352. The number of rotatable bonds is 10. The molecule has 4 aromatic rings. The number of fused-ring (bicyclic) bond motifs is 2. The normalized spacial score (nSPS) is 14.8.